The zero-order chi connectivity index (χ0) is 25.6. The average molecular weight is 502 g/mol. The molecule has 0 saturated carbocycles. The number of hydrogen-bond donors (Lipinski definition) is 1. The van der Waals surface area contributed by atoms with Gasteiger partial charge in [0, 0.05) is 24.1 Å². The van der Waals surface area contributed by atoms with Gasteiger partial charge in [0.05, 0.1) is 19.3 Å². The molecule has 2 aromatic heterocycles. The molecule has 10 heteroatoms. The predicted molar refractivity (Wildman–Crippen MR) is 127 cm³/mol. The van der Waals surface area contributed by atoms with Crippen molar-refractivity contribution >= 4 is 6.09 Å². The zero-order valence-electron chi connectivity index (χ0n) is 20.8. The van der Waals surface area contributed by atoms with Crippen LogP contribution in [0.5, 0.6) is 0 Å². The summed E-state index contributed by atoms with van der Waals surface area (Å²) in [6.45, 7) is 6.45. The molecule has 0 radical (unpaired) electrons. The minimum Gasteiger partial charge on any atom is -0.444 e. The minimum atomic E-state index is -0.864. The summed E-state index contributed by atoms with van der Waals surface area (Å²) in [5, 5.41) is 11.1. The number of rotatable bonds is 10. The van der Waals surface area contributed by atoms with Crippen LogP contribution in [0.2, 0.25) is 0 Å². The lowest BCUT2D eigenvalue weighted by Gasteiger charge is -2.25. The molecule has 1 amide bonds. The number of hydrogen-bond acceptors (Lipinski definition) is 8. The maximum atomic E-state index is 13.3. The van der Waals surface area contributed by atoms with E-state index in [4.69, 9.17) is 23.3 Å². The summed E-state index contributed by atoms with van der Waals surface area (Å²) < 4.78 is 40.9. The summed E-state index contributed by atoms with van der Waals surface area (Å²) in [5.41, 5.74) is 1.28. The Hall–Kier alpha value is -3.24. The predicted octanol–water partition coefficient (Wildman–Crippen LogP) is 5.88. The molecule has 1 fully saturated rings. The number of carbonyl (C=O) groups excluding carboxylic acids is 1. The fraction of sp³-hybridized carbons (Fsp3) is 0.500. The fourth-order valence-corrected chi connectivity index (χ4v) is 4.11. The van der Waals surface area contributed by atoms with Crippen LogP contribution in [0.25, 0.3) is 11.3 Å². The van der Waals surface area contributed by atoms with Crippen molar-refractivity contribution < 1.29 is 32.4 Å². The van der Waals surface area contributed by atoms with Gasteiger partial charge in [-0.25, -0.2) is 9.18 Å². The number of nitrogens with one attached hydrogen (secondary N) is 1. The molecular formula is C26H32FN3O6. The summed E-state index contributed by atoms with van der Waals surface area (Å²) in [6, 6.07) is 9.06. The monoisotopic (exact) mass is 501 g/mol. The van der Waals surface area contributed by atoms with E-state index in [-0.39, 0.29) is 5.82 Å². The van der Waals surface area contributed by atoms with Crippen molar-refractivity contribution in [1.29, 1.82) is 0 Å². The molecule has 36 heavy (non-hydrogen) atoms. The van der Waals surface area contributed by atoms with E-state index in [0.29, 0.717) is 48.8 Å². The van der Waals surface area contributed by atoms with Crippen LogP contribution in [0.1, 0.15) is 70.3 Å². The Labute approximate surface area is 209 Å². The number of carbonyl (C=O) groups is 1. The summed E-state index contributed by atoms with van der Waals surface area (Å²) in [4.78, 5) is 12.5. The highest BCUT2D eigenvalue weighted by Gasteiger charge is 2.40. The van der Waals surface area contributed by atoms with Crippen LogP contribution in [-0.2, 0) is 20.0 Å². The second kappa shape index (κ2) is 11.2. The van der Waals surface area contributed by atoms with Crippen molar-refractivity contribution in [1.82, 2.24) is 15.6 Å². The summed E-state index contributed by atoms with van der Waals surface area (Å²) in [7, 11) is 0. The Bertz CT molecular complexity index is 1100. The summed E-state index contributed by atoms with van der Waals surface area (Å²) >= 11 is 0. The highest BCUT2D eigenvalue weighted by Crippen LogP contribution is 2.36. The molecule has 1 aliphatic rings. The van der Waals surface area contributed by atoms with Gasteiger partial charge in [-0.3, -0.25) is 0 Å². The highest BCUT2D eigenvalue weighted by atomic mass is 19.1. The third-order valence-electron chi connectivity index (χ3n) is 5.79. The van der Waals surface area contributed by atoms with E-state index in [1.807, 2.05) is 20.8 Å². The van der Waals surface area contributed by atoms with E-state index >= 15 is 0 Å². The number of nitrogens with zero attached hydrogens (tertiary/aromatic N) is 2. The molecule has 1 saturated heterocycles. The Morgan fingerprint density at radius 3 is 2.53 bits per heavy atom. The first-order valence-corrected chi connectivity index (χ1v) is 12.1. The largest absolute Gasteiger partial charge is 0.444 e. The number of alkyl carbamates (subject to hydrolysis) is 1. The Balaban J connectivity index is 1.37. The first-order valence-electron chi connectivity index (χ1n) is 12.1. The van der Waals surface area contributed by atoms with E-state index in [1.54, 1.807) is 24.3 Å². The van der Waals surface area contributed by atoms with Crippen LogP contribution in [0, 0.1) is 5.82 Å². The van der Waals surface area contributed by atoms with Crippen LogP contribution >= 0.6 is 0 Å². The van der Waals surface area contributed by atoms with Crippen LogP contribution in [-0.4, -0.2) is 35.2 Å². The number of benzene rings is 1. The molecule has 0 unspecified atom stereocenters. The third kappa shape index (κ3) is 6.70. The van der Waals surface area contributed by atoms with Crippen molar-refractivity contribution in [2.75, 3.05) is 13.2 Å². The Morgan fingerprint density at radius 2 is 1.86 bits per heavy atom. The number of aromatic nitrogens is 2. The molecular weight excluding hydrogens is 469 g/mol. The van der Waals surface area contributed by atoms with Gasteiger partial charge in [0.1, 0.15) is 29.1 Å². The summed E-state index contributed by atoms with van der Waals surface area (Å²) in [6.07, 6.45) is 4.72. The molecule has 0 aliphatic carbocycles. The van der Waals surface area contributed by atoms with Crippen LogP contribution in [0.4, 0.5) is 9.18 Å². The summed E-state index contributed by atoms with van der Waals surface area (Å²) in [5.74, 6) is -0.704. The van der Waals surface area contributed by atoms with Crippen LogP contribution in [0.15, 0.2) is 51.7 Å². The molecule has 3 heterocycles. The number of ether oxygens (including phenoxy) is 3. The first kappa shape index (κ1) is 25.8. The Morgan fingerprint density at radius 1 is 1.11 bits per heavy atom. The van der Waals surface area contributed by atoms with E-state index in [1.165, 1.54) is 18.4 Å². The molecule has 1 aromatic carbocycles. The average Bonchev–Trinajstić information content (AvgIpc) is 3.59. The molecule has 3 aromatic rings. The number of halogens is 1. The molecule has 4 rings (SSSR count). The van der Waals surface area contributed by atoms with Crippen molar-refractivity contribution in [2.45, 2.75) is 70.3 Å². The fourth-order valence-electron chi connectivity index (χ4n) is 4.11. The smallest absolute Gasteiger partial charge is 0.408 e. The standard InChI is InChI=1S/C26H32FN3O6/c1-25(2,3)35-24(31)28-20(21-17-22(36-29-21)18-8-10-19(27)11-9-18)7-5-4-6-13-26(32-15-16-33-26)23-12-14-34-30-23/h8-12,14,17,20H,4-7,13,15-16H2,1-3H3,(H,28,31)/t20-/m1/s1. The lowest BCUT2D eigenvalue weighted by molar-refractivity contribution is -0.175. The van der Waals surface area contributed by atoms with Gasteiger partial charge in [0.25, 0.3) is 0 Å². The Kier molecular flexibility index (Phi) is 8.05. The van der Waals surface area contributed by atoms with Crippen molar-refractivity contribution in [3.05, 3.63) is 59.9 Å². The lowest BCUT2D eigenvalue weighted by atomic mass is 10.0. The second-order valence-electron chi connectivity index (χ2n) is 9.76. The quantitative estimate of drug-likeness (QED) is 0.343. The van der Waals surface area contributed by atoms with Crippen LogP contribution in [0.3, 0.4) is 0 Å². The normalized spacial score (nSPS) is 16.1. The third-order valence-corrected chi connectivity index (χ3v) is 5.79. The van der Waals surface area contributed by atoms with Gasteiger partial charge in [-0.15, -0.1) is 0 Å². The molecule has 1 N–H and O–H groups in total. The zero-order valence-corrected chi connectivity index (χ0v) is 20.8. The van der Waals surface area contributed by atoms with Gasteiger partial charge in [-0.2, -0.15) is 0 Å². The maximum Gasteiger partial charge on any atom is 0.408 e. The van der Waals surface area contributed by atoms with Gasteiger partial charge < -0.3 is 28.6 Å². The van der Waals surface area contributed by atoms with Crippen molar-refractivity contribution in [3.8, 4) is 11.3 Å². The van der Waals surface area contributed by atoms with E-state index < -0.39 is 23.5 Å². The number of unbranched alkanes of at least 4 members (excludes halogenated alkanes) is 2. The van der Waals surface area contributed by atoms with E-state index in [9.17, 15) is 9.18 Å². The first-order chi connectivity index (χ1) is 17.2. The molecule has 0 spiro atoms. The topological polar surface area (TPSA) is 109 Å². The lowest BCUT2D eigenvalue weighted by Crippen LogP contribution is -2.35. The molecule has 9 nitrogen and oxygen atoms in total. The van der Waals surface area contributed by atoms with Crippen LogP contribution < -0.4 is 5.32 Å². The molecule has 0 bridgehead atoms. The molecule has 1 atom stereocenters. The van der Waals surface area contributed by atoms with Gasteiger partial charge in [0.15, 0.2) is 5.76 Å². The van der Waals surface area contributed by atoms with Crippen molar-refractivity contribution in [3.63, 3.8) is 0 Å². The van der Waals surface area contributed by atoms with Gasteiger partial charge >= 0.3 is 6.09 Å². The van der Waals surface area contributed by atoms with Gasteiger partial charge in [-0.05, 0) is 57.9 Å². The van der Waals surface area contributed by atoms with Crippen molar-refractivity contribution in [2.24, 2.45) is 0 Å². The maximum absolute atomic E-state index is 13.3. The van der Waals surface area contributed by atoms with Gasteiger partial charge in [0.2, 0.25) is 5.79 Å². The van der Waals surface area contributed by atoms with Gasteiger partial charge in [-0.1, -0.05) is 23.2 Å². The SMILES string of the molecule is CC(C)(C)OC(=O)N[C@H](CCCCCC1(c2ccon2)OCCO1)c1cc(-c2ccc(F)cc2)on1. The molecule has 1 aliphatic heterocycles. The second-order valence-corrected chi connectivity index (χ2v) is 9.76. The highest BCUT2D eigenvalue weighted by molar-refractivity contribution is 5.68. The number of amides is 1. The van der Waals surface area contributed by atoms with E-state index in [2.05, 4.69) is 15.6 Å². The molecule has 194 valence electrons. The minimum absolute atomic E-state index is 0.332. The van der Waals surface area contributed by atoms with E-state index in [0.717, 1.165) is 19.3 Å².